The second-order valence-corrected chi connectivity index (χ2v) is 6.26. The third-order valence-corrected chi connectivity index (χ3v) is 3.30. The highest BCUT2D eigenvalue weighted by molar-refractivity contribution is 5.44. The Morgan fingerprint density at radius 1 is 1.10 bits per heavy atom. The third kappa shape index (κ3) is 4.39. The minimum Gasteiger partial charge on any atom is -0.486 e. The van der Waals surface area contributed by atoms with Gasteiger partial charge in [0, 0.05) is 24.7 Å². The summed E-state index contributed by atoms with van der Waals surface area (Å²) in [6, 6.07) is 6.47. The van der Waals surface area contributed by atoms with Crippen molar-refractivity contribution in [2.75, 3.05) is 26.3 Å². The number of nitrogens with one attached hydrogen (secondary N) is 2. The molecule has 0 radical (unpaired) electrons. The Labute approximate surface area is 121 Å². The lowest BCUT2D eigenvalue weighted by molar-refractivity contribution is 0.171. The van der Waals surface area contributed by atoms with Gasteiger partial charge in [0.1, 0.15) is 13.2 Å². The second kappa shape index (κ2) is 6.46. The van der Waals surface area contributed by atoms with Crippen LogP contribution in [0.15, 0.2) is 18.2 Å². The molecule has 0 aliphatic carbocycles. The SMILES string of the molecule is CC(NCCNC(C)(C)C)c1ccc2c(c1)OCCO2. The van der Waals surface area contributed by atoms with Crippen LogP contribution in [0.2, 0.25) is 0 Å². The maximum Gasteiger partial charge on any atom is 0.161 e. The van der Waals surface area contributed by atoms with Crippen LogP contribution in [0.3, 0.4) is 0 Å². The topological polar surface area (TPSA) is 42.5 Å². The smallest absolute Gasteiger partial charge is 0.161 e. The van der Waals surface area contributed by atoms with Gasteiger partial charge in [-0.2, -0.15) is 0 Å². The Bertz CT molecular complexity index is 441. The molecule has 1 aromatic rings. The van der Waals surface area contributed by atoms with Crippen LogP contribution in [0.1, 0.15) is 39.3 Å². The molecular weight excluding hydrogens is 252 g/mol. The largest absolute Gasteiger partial charge is 0.486 e. The molecule has 0 amide bonds. The molecule has 0 spiro atoms. The van der Waals surface area contributed by atoms with Gasteiger partial charge in [-0.1, -0.05) is 6.07 Å². The molecular formula is C16H26N2O2. The van der Waals surface area contributed by atoms with Gasteiger partial charge in [-0.3, -0.25) is 0 Å². The van der Waals surface area contributed by atoms with E-state index in [1.807, 2.05) is 6.07 Å². The summed E-state index contributed by atoms with van der Waals surface area (Å²) in [5, 5.41) is 6.99. The number of fused-ring (bicyclic) bond motifs is 1. The zero-order chi connectivity index (χ0) is 14.6. The van der Waals surface area contributed by atoms with Crippen molar-refractivity contribution < 1.29 is 9.47 Å². The average molecular weight is 278 g/mol. The van der Waals surface area contributed by atoms with Crippen LogP contribution >= 0.6 is 0 Å². The Hall–Kier alpha value is -1.26. The fourth-order valence-corrected chi connectivity index (χ4v) is 2.17. The molecule has 1 atom stereocenters. The number of hydrogen-bond acceptors (Lipinski definition) is 4. The lowest BCUT2D eigenvalue weighted by Gasteiger charge is -2.23. The highest BCUT2D eigenvalue weighted by Crippen LogP contribution is 2.32. The highest BCUT2D eigenvalue weighted by Gasteiger charge is 2.14. The Morgan fingerprint density at radius 3 is 2.50 bits per heavy atom. The highest BCUT2D eigenvalue weighted by atomic mass is 16.6. The van der Waals surface area contributed by atoms with Gasteiger partial charge < -0.3 is 20.1 Å². The van der Waals surface area contributed by atoms with Crippen molar-refractivity contribution in [1.82, 2.24) is 10.6 Å². The summed E-state index contributed by atoms with van der Waals surface area (Å²) in [5.41, 5.74) is 1.40. The van der Waals surface area contributed by atoms with Crippen molar-refractivity contribution in [1.29, 1.82) is 0 Å². The zero-order valence-electron chi connectivity index (χ0n) is 13.0. The molecule has 0 aromatic heterocycles. The fraction of sp³-hybridized carbons (Fsp3) is 0.625. The first-order valence-corrected chi connectivity index (χ1v) is 7.34. The first kappa shape index (κ1) is 15.1. The molecule has 1 aliphatic heterocycles. The molecule has 4 heteroatoms. The summed E-state index contributed by atoms with van der Waals surface area (Å²) in [6.07, 6.45) is 0. The third-order valence-electron chi connectivity index (χ3n) is 3.30. The molecule has 0 bridgehead atoms. The first-order chi connectivity index (χ1) is 9.46. The molecule has 0 saturated heterocycles. The maximum atomic E-state index is 5.62. The van der Waals surface area contributed by atoms with E-state index in [-0.39, 0.29) is 5.54 Å². The molecule has 1 aromatic carbocycles. The van der Waals surface area contributed by atoms with Crippen LogP contribution in [0, 0.1) is 0 Å². The van der Waals surface area contributed by atoms with Crippen LogP contribution in [0.4, 0.5) is 0 Å². The molecule has 4 nitrogen and oxygen atoms in total. The Balaban J connectivity index is 1.84. The lowest BCUT2D eigenvalue weighted by atomic mass is 10.1. The summed E-state index contributed by atoms with van der Waals surface area (Å²) in [6.45, 7) is 11.9. The summed E-state index contributed by atoms with van der Waals surface area (Å²) in [5.74, 6) is 1.71. The molecule has 1 heterocycles. The minimum atomic E-state index is 0.169. The van der Waals surface area contributed by atoms with Gasteiger partial charge in [0.25, 0.3) is 0 Å². The van der Waals surface area contributed by atoms with E-state index in [4.69, 9.17) is 9.47 Å². The van der Waals surface area contributed by atoms with E-state index in [9.17, 15) is 0 Å². The molecule has 2 N–H and O–H groups in total. The molecule has 20 heavy (non-hydrogen) atoms. The summed E-state index contributed by atoms with van der Waals surface area (Å²) < 4.78 is 11.2. The van der Waals surface area contributed by atoms with Crippen molar-refractivity contribution in [3.63, 3.8) is 0 Å². The van der Waals surface area contributed by atoms with Gasteiger partial charge >= 0.3 is 0 Å². The Morgan fingerprint density at radius 2 is 1.80 bits per heavy atom. The first-order valence-electron chi connectivity index (χ1n) is 7.34. The van der Waals surface area contributed by atoms with Crippen molar-refractivity contribution in [2.24, 2.45) is 0 Å². The van der Waals surface area contributed by atoms with Crippen molar-refractivity contribution in [2.45, 2.75) is 39.3 Å². The fourth-order valence-electron chi connectivity index (χ4n) is 2.17. The molecule has 2 rings (SSSR count). The van der Waals surface area contributed by atoms with Crippen LogP contribution < -0.4 is 20.1 Å². The second-order valence-electron chi connectivity index (χ2n) is 6.26. The van der Waals surface area contributed by atoms with E-state index in [0.717, 1.165) is 24.6 Å². The van der Waals surface area contributed by atoms with E-state index >= 15 is 0 Å². The zero-order valence-corrected chi connectivity index (χ0v) is 13.0. The van der Waals surface area contributed by atoms with Gasteiger partial charge in [-0.25, -0.2) is 0 Å². The normalized spacial score (nSPS) is 16.0. The standard InChI is InChI=1S/C16H26N2O2/c1-12(17-7-8-18-16(2,3)4)13-5-6-14-15(11-13)20-10-9-19-14/h5-6,11-12,17-18H,7-10H2,1-4H3. The van der Waals surface area contributed by atoms with Crippen LogP contribution in [-0.4, -0.2) is 31.8 Å². The number of ether oxygens (including phenoxy) is 2. The van der Waals surface area contributed by atoms with Gasteiger partial charge in [-0.15, -0.1) is 0 Å². The van der Waals surface area contributed by atoms with Crippen molar-refractivity contribution >= 4 is 0 Å². The Kier molecular flexibility index (Phi) is 4.89. The van der Waals surface area contributed by atoms with E-state index in [2.05, 4.69) is 50.5 Å². The quantitative estimate of drug-likeness (QED) is 0.812. The molecule has 0 saturated carbocycles. The maximum absolute atomic E-state index is 5.62. The molecule has 0 fully saturated rings. The van der Waals surface area contributed by atoms with Crippen LogP contribution in [0.5, 0.6) is 11.5 Å². The van der Waals surface area contributed by atoms with Gasteiger partial charge in [0.05, 0.1) is 0 Å². The number of hydrogen-bond donors (Lipinski definition) is 2. The predicted molar refractivity (Wildman–Crippen MR) is 81.6 cm³/mol. The molecule has 1 aliphatic rings. The number of benzene rings is 1. The van der Waals surface area contributed by atoms with E-state index in [1.54, 1.807) is 0 Å². The minimum absolute atomic E-state index is 0.169. The summed E-state index contributed by atoms with van der Waals surface area (Å²) in [4.78, 5) is 0. The van der Waals surface area contributed by atoms with Crippen molar-refractivity contribution in [3.8, 4) is 11.5 Å². The molecule has 112 valence electrons. The van der Waals surface area contributed by atoms with Gasteiger partial charge in [0.2, 0.25) is 0 Å². The average Bonchev–Trinajstić information content (AvgIpc) is 2.42. The molecule has 1 unspecified atom stereocenters. The van der Waals surface area contributed by atoms with Gasteiger partial charge in [-0.05, 0) is 45.4 Å². The van der Waals surface area contributed by atoms with Gasteiger partial charge in [0.15, 0.2) is 11.5 Å². The van der Waals surface area contributed by atoms with E-state index in [0.29, 0.717) is 19.3 Å². The number of rotatable bonds is 5. The van der Waals surface area contributed by atoms with E-state index in [1.165, 1.54) is 5.56 Å². The monoisotopic (exact) mass is 278 g/mol. The van der Waals surface area contributed by atoms with Crippen LogP contribution in [-0.2, 0) is 0 Å². The lowest BCUT2D eigenvalue weighted by Crippen LogP contribution is -2.40. The van der Waals surface area contributed by atoms with Crippen LogP contribution in [0.25, 0.3) is 0 Å². The van der Waals surface area contributed by atoms with Crippen molar-refractivity contribution in [3.05, 3.63) is 23.8 Å². The summed E-state index contributed by atoms with van der Waals surface area (Å²) in [7, 11) is 0. The van der Waals surface area contributed by atoms with E-state index < -0.39 is 0 Å². The summed E-state index contributed by atoms with van der Waals surface area (Å²) >= 11 is 0. The predicted octanol–water partition coefficient (Wildman–Crippen LogP) is 2.50.